The molecular weight excluding hydrogens is 867 g/mol. The predicted octanol–water partition coefficient (Wildman–Crippen LogP) is 4.05. The minimum atomic E-state index is -1.20. The molecule has 7 rings (SSSR count). The second-order valence-electron chi connectivity index (χ2n) is 20.0. The standard InChI is InChI=1S/C51H67N9O8/c1-11-30(4)57(8)47(64)35-20-34(24-52-25-35)45-38-23-51(5,6)28-68-50(67)39-13-12-16-60(55-39)49(66)40(19-31-17-33(21-36(61)18-31)32-14-15-42(58(45)9)37(38)22-32)54-46(63)44(29(2)3)59(10)43(62)27-56(7)48(65)41-26-53-41/h14-15,17-18,20-22,24-25,29-30,39-41,44,53,55,61H,11-13,16,19,23,26-28H2,1-10H3,(H,54,63)/t30?,39-,40-,41+,44-/m0/s1. The number of aromatic nitrogens is 2. The van der Waals surface area contributed by atoms with E-state index in [0.717, 1.165) is 39.7 Å². The normalized spacial score (nSPS) is 20.2. The summed E-state index contributed by atoms with van der Waals surface area (Å²) in [5.74, 6) is -2.80. The molecule has 2 saturated heterocycles. The Kier molecular flexibility index (Phi) is 14.7. The zero-order chi connectivity index (χ0) is 49.4. The third-order valence-electron chi connectivity index (χ3n) is 13.7. The van der Waals surface area contributed by atoms with E-state index in [1.165, 1.54) is 21.9 Å². The van der Waals surface area contributed by atoms with Gasteiger partial charge in [0.05, 0.1) is 30.5 Å². The van der Waals surface area contributed by atoms with Crippen LogP contribution in [0.2, 0.25) is 0 Å². The Balaban J connectivity index is 1.29. The van der Waals surface area contributed by atoms with E-state index in [9.17, 15) is 33.9 Å². The summed E-state index contributed by atoms with van der Waals surface area (Å²) in [6.07, 6.45) is 5.48. The fourth-order valence-corrected chi connectivity index (χ4v) is 9.44. The van der Waals surface area contributed by atoms with Crippen LogP contribution in [0, 0.1) is 11.3 Å². The maximum Gasteiger partial charge on any atom is 0.324 e. The zero-order valence-corrected chi connectivity index (χ0v) is 41.0. The molecular formula is C51H67N9O8. The molecule has 2 fully saturated rings. The molecule has 17 nitrogen and oxygen atoms in total. The number of ether oxygens (including phenoxy) is 1. The number of aromatic hydroxyl groups is 1. The van der Waals surface area contributed by atoms with Crippen LogP contribution < -0.4 is 16.1 Å². The van der Waals surface area contributed by atoms with Gasteiger partial charge >= 0.3 is 5.97 Å². The van der Waals surface area contributed by atoms with Gasteiger partial charge in [-0.05, 0) is 91.1 Å². The summed E-state index contributed by atoms with van der Waals surface area (Å²) in [4.78, 5) is 91.8. The molecule has 6 bridgehead atoms. The van der Waals surface area contributed by atoms with Gasteiger partial charge in [0.25, 0.3) is 11.8 Å². The smallest absolute Gasteiger partial charge is 0.324 e. The van der Waals surface area contributed by atoms with Crippen molar-refractivity contribution in [2.75, 3.05) is 47.4 Å². The first kappa shape index (κ1) is 49.6. The number of hydrazine groups is 1. The summed E-state index contributed by atoms with van der Waals surface area (Å²) >= 11 is 0. The molecule has 0 radical (unpaired) electrons. The first-order valence-corrected chi connectivity index (χ1v) is 23.6. The summed E-state index contributed by atoms with van der Waals surface area (Å²) < 4.78 is 8.16. The van der Waals surface area contributed by atoms with Crippen molar-refractivity contribution < 1.29 is 38.6 Å². The minimum Gasteiger partial charge on any atom is -0.508 e. The number of fused-ring (bicyclic) bond motifs is 6. The van der Waals surface area contributed by atoms with E-state index >= 15 is 0 Å². The lowest BCUT2D eigenvalue weighted by Gasteiger charge is -2.37. The maximum absolute atomic E-state index is 14.7. The van der Waals surface area contributed by atoms with Crippen molar-refractivity contribution in [3.8, 4) is 28.1 Å². The van der Waals surface area contributed by atoms with E-state index in [4.69, 9.17) is 4.74 Å². The van der Waals surface area contributed by atoms with Crippen LogP contribution in [0.3, 0.4) is 0 Å². The van der Waals surface area contributed by atoms with Crippen LogP contribution in [0.15, 0.2) is 54.9 Å². The van der Waals surface area contributed by atoms with Crippen molar-refractivity contribution in [2.24, 2.45) is 18.4 Å². The van der Waals surface area contributed by atoms with Gasteiger partial charge in [-0.25, -0.2) is 5.43 Å². The second-order valence-corrected chi connectivity index (χ2v) is 20.0. The number of nitrogens with one attached hydrogen (secondary N) is 3. The summed E-state index contributed by atoms with van der Waals surface area (Å²) in [5.41, 5.74) is 8.46. The Morgan fingerprint density at radius 1 is 0.985 bits per heavy atom. The zero-order valence-electron chi connectivity index (χ0n) is 41.0. The number of esters is 1. The number of benzene rings is 2. The number of cyclic esters (lactones) is 1. The van der Waals surface area contributed by atoms with Gasteiger partial charge in [0.15, 0.2) is 0 Å². The monoisotopic (exact) mass is 934 g/mol. The molecule has 2 aromatic heterocycles. The number of hydrogen-bond acceptors (Lipinski definition) is 11. The van der Waals surface area contributed by atoms with Crippen LogP contribution in [0.4, 0.5) is 0 Å². The number of phenols is 1. The lowest BCUT2D eigenvalue weighted by molar-refractivity contribution is -0.155. The quantitative estimate of drug-likeness (QED) is 0.125. The molecule has 0 saturated carbocycles. The van der Waals surface area contributed by atoms with Gasteiger partial charge in [-0.3, -0.25) is 38.8 Å². The summed E-state index contributed by atoms with van der Waals surface area (Å²) in [5, 5.41) is 19.5. The molecule has 364 valence electrons. The molecule has 2 aromatic carbocycles. The SMILES string of the molecule is CCC(C)N(C)C(=O)c1cncc(-c2c3c4cc(ccc4n2C)-c2cc(O)cc(c2)C[C@H](NC(=O)[C@H](C(C)C)N(C)C(=O)CN(C)C(=O)[C@H]2CN2)C(=O)N2CCC[C@H](N2)C(=O)OCC(C)(C)C3)c1. The van der Waals surface area contributed by atoms with Crippen molar-refractivity contribution >= 4 is 46.4 Å². The van der Waals surface area contributed by atoms with Gasteiger partial charge in [0.2, 0.25) is 17.7 Å². The van der Waals surface area contributed by atoms with Crippen molar-refractivity contribution in [2.45, 2.75) is 104 Å². The number of phenolic OH excluding ortho intramolecular Hbond substituents is 1. The Bertz CT molecular complexity index is 2600. The van der Waals surface area contributed by atoms with E-state index in [0.29, 0.717) is 42.5 Å². The summed E-state index contributed by atoms with van der Waals surface area (Å²) in [6, 6.07) is 9.69. The van der Waals surface area contributed by atoms with Crippen LogP contribution >= 0.6 is 0 Å². The number of pyridine rings is 1. The lowest BCUT2D eigenvalue weighted by Crippen LogP contribution is -2.62. The van der Waals surface area contributed by atoms with Crippen molar-refractivity contribution in [3.05, 3.63) is 71.5 Å². The van der Waals surface area contributed by atoms with E-state index in [1.54, 1.807) is 57.4 Å². The van der Waals surface area contributed by atoms with Gasteiger partial charge in [0, 0.05) is 88.0 Å². The van der Waals surface area contributed by atoms with Gasteiger partial charge in [-0.1, -0.05) is 46.8 Å². The van der Waals surface area contributed by atoms with E-state index in [1.807, 2.05) is 59.0 Å². The van der Waals surface area contributed by atoms with Gasteiger partial charge in [0.1, 0.15) is 23.9 Å². The first-order chi connectivity index (χ1) is 32.2. The Morgan fingerprint density at radius 2 is 1.72 bits per heavy atom. The van der Waals surface area contributed by atoms with Crippen LogP contribution in [-0.2, 0) is 48.6 Å². The second kappa shape index (κ2) is 20.1. The Labute approximate surface area is 398 Å². The molecule has 0 spiro atoms. The van der Waals surface area contributed by atoms with Crippen molar-refractivity contribution in [1.29, 1.82) is 0 Å². The predicted molar refractivity (Wildman–Crippen MR) is 258 cm³/mol. The number of likely N-dealkylation sites (N-methyl/N-ethyl adjacent to an activating group) is 2. The maximum atomic E-state index is 14.7. The molecule has 4 aromatic rings. The summed E-state index contributed by atoms with van der Waals surface area (Å²) in [7, 11) is 6.83. The fourth-order valence-electron chi connectivity index (χ4n) is 9.44. The number of hydrogen-bond donors (Lipinski definition) is 4. The third-order valence-corrected chi connectivity index (χ3v) is 13.7. The van der Waals surface area contributed by atoms with E-state index < -0.39 is 47.2 Å². The number of amides is 5. The highest BCUT2D eigenvalue weighted by Crippen LogP contribution is 2.40. The van der Waals surface area contributed by atoms with Crippen LogP contribution in [0.25, 0.3) is 33.3 Å². The third kappa shape index (κ3) is 10.7. The van der Waals surface area contributed by atoms with Gasteiger partial charge in [-0.2, -0.15) is 0 Å². The van der Waals surface area contributed by atoms with Gasteiger partial charge < -0.3 is 39.7 Å². The number of rotatable bonds is 11. The highest BCUT2D eigenvalue weighted by Gasteiger charge is 2.39. The highest BCUT2D eigenvalue weighted by molar-refractivity contribution is 5.98. The lowest BCUT2D eigenvalue weighted by atomic mass is 9.84. The van der Waals surface area contributed by atoms with Crippen LogP contribution in [0.1, 0.15) is 82.3 Å². The fraction of sp³-hybridized carbons (Fsp3) is 0.510. The Hall–Kier alpha value is -6.33. The molecule has 5 heterocycles. The largest absolute Gasteiger partial charge is 0.508 e. The number of carbonyl (C=O) groups is 6. The molecule has 3 aliphatic heterocycles. The van der Waals surface area contributed by atoms with Crippen molar-refractivity contribution in [3.63, 3.8) is 0 Å². The van der Waals surface area contributed by atoms with E-state index in [2.05, 4.69) is 31.7 Å². The number of nitrogens with zero attached hydrogens (tertiary/aromatic N) is 6. The van der Waals surface area contributed by atoms with Crippen LogP contribution in [-0.4, -0.2) is 147 Å². The first-order valence-electron chi connectivity index (χ1n) is 23.6. The number of aryl methyl sites for hydroxylation is 1. The molecule has 5 amide bonds. The molecule has 68 heavy (non-hydrogen) atoms. The molecule has 4 N–H and O–H groups in total. The Morgan fingerprint density at radius 3 is 2.41 bits per heavy atom. The molecule has 5 atom stereocenters. The summed E-state index contributed by atoms with van der Waals surface area (Å²) in [6.45, 7) is 12.3. The number of carbonyl (C=O) groups excluding carboxylic acids is 6. The van der Waals surface area contributed by atoms with Gasteiger partial charge in [-0.15, -0.1) is 0 Å². The average molecular weight is 934 g/mol. The molecule has 17 heteroatoms. The average Bonchev–Trinajstić information content (AvgIpc) is 4.13. The van der Waals surface area contributed by atoms with Crippen LogP contribution in [0.5, 0.6) is 5.75 Å². The highest BCUT2D eigenvalue weighted by atomic mass is 16.5. The topological polar surface area (TPSA) is 209 Å². The van der Waals surface area contributed by atoms with E-state index in [-0.39, 0.29) is 61.7 Å². The minimum absolute atomic E-state index is 0.0354. The van der Waals surface area contributed by atoms with Crippen molar-refractivity contribution in [1.82, 2.24) is 45.3 Å². The molecule has 3 aliphatic rings. The molecule has 0 aliphatic carbocycles. The molecule has 1 unspecified atom stereocenters.